The number of carboxylic acid groups (broad SMARTS) is 1. The summed E-state index contributed by atoms with van der Waals surface area (Å²) in [7, 11) is 0. The van der Waals surface area contributed by atoms with Crippen molar-refractivity contribution in [1.82, 2.24) is 0 Å². The summed E-state index contributed by atoms with van der Waals surface area (Å²) >= 11 is 0. The molecule has 0 atom stereocenters. The monoisotopic (exact) mass is 129 g/mol. The molecule has 0 aliphatic heterocycles. The van der Waals surface area contributed by atoms with Crippen molar-refractivity contribution in [1.29, 1.82) is 5.41 Å². The van der Waals surface area contributed by atoms with Crippen molar-refractivity contribution in [2.75, 3.05) is 0 Å². The smallest absolute Gasteiger partial charge is 0.353 e. The Morgan fingerprint density at radius 3 is 2.11 bits per heavy atom. The van der Waals surface area contributed by atoms with Crippen LogP contribution in [0.5, 0.6) is 0 Å². The number of hydrogen-bond donors (Lipinski definition) is 4. The van der Waals surface area contributed by atoms with E-state index >= 15 is 0 Å². The second kappa shape index (κ2) is 2.71. The molecule has 9 heavy (non-hydrogen) atoms. The van der Waals surface area contributed by atoms with Gasteiger partial charge in [-0.3, -0.25) is 0 Å². The Labute approximate surface area is 51.5 Å². The van der Waals surface area contributed by atoms with E-state index in [1.165, 1.54) is 0 Å². The van der Waals surface area contributed by atoms with E-state index in [9.17, 15) is 4.79 Å². The van der Waals surface area contributed by atoms with Crippen LogP contribution in [-0.4, -0.2) is 17.3 Å². The highest BCUT2D eigenvalue weighted by atomic mass is 16.4. The lowest BCUT2D eigenvalue weighted by atomic mass is 10.3. The SMILES string of the molecule is N=CC(N)=C(N)C(=O)O. The van der Waals surface area contributed by atoms with E-state index < -0.39 is 11.7 Å². The Balaban J connectivity index is 4.47. The van der Waals surface area contributed by atoms with Crippen molar-refractivity contribution in [2.24, 2.45) is 11.5 Å². The van der Waals surface area contributed by atoms with Crippen LogP contribution >= 0.6 is 0 Å². The molecule has 0 aromatic heterocycles. The number of carboxylic acids is 1. The molecule has 5 nitrogen and oxygen atoms in total. The van der Waals surface area contributed by atoms with E-state index in [2.05, 4.69) is 0 Å². The van der Waals surface area contributed by atoms with Crippen LogP contribution in [0.15, 0.2) is 11.4 Å². The van der Waals surface area contributed by atoms with Gasteiger partial charge in [-0.05, 0) is 0 Å². The molecule has 0 heterocycles. The summed E-state index contributed by atoms with van der Waals surface area (Å²) < 4.78 is 0. The Morgan fingerprint density at radius 1 is 1.56 bits per heavy atom. The summed E-state index contributed by atoms with van der Waals surface area (Å²) in [5.41, 5.74) is 9.09. The minimum absolute atomic E-state index is 0.234. The number of aliphatic carboxylic acids is 1. The number of nitrogens with two attached hydrogens (primary N) is 2. The van der Waals surface area contributed by atoms with Gasteiger partial charge >= 0.3 is 5.97 Å². The summed E-state index contributed by atoms with van der Waals surface area (Å²) in [6.45, 7) is 0. The lowest BCUT2D eigenvalue weighted by Crippen LogP contribution is -2.18. The van der Waals surface area contributed by atoms with Crippen LogP contribution in [-0.2, 0) is 4.79 Å². The Hall–Kier alpha value is -1.52. The van der Waals surface area contributed by atoms with Gasteiger partial charge in [0.05, 0.1) is 5.70 Å². The molecule has 0 unspecified atom stereocenters. The Kier molecular flexibility index (Phi) is 2.25. The first kappa shape index (κ1) is 7.48. The lowest BCUT2D eigenvalue weighted by molar-refractivity contribution is -0.132. The molecule has 0 aromatic carbocycles. The predicted octanol–water partition coefficient (Wildman–Crippen LogP) is -1.15. The fraction of sp³-hybridized carbons (Fsp3) is 0. The van der Waals surface area contributed by atoms with Gasteiger partial charge in [0.2, 0.25) is 0 Å². The zero-order valence-corrected chi connectivity index (χ0v) is 4.59. The minimum Gasteiger partial charge on any atom is -0.477 e. The maximum absolute atomic E-state index is 9.93. The van der Waals surface area contributed by atoms with E-state index in [-0.39, 0.29) is 5.70 Å². The molecule has 50 valence electrons. The van der Waals surface area contributed by atoms with Gasteiger partial charge in [0.1, 0.15) is 5.70 Å². The van der Waals surface area contributed by atoms with Crippen LogP contribution in [0, 0.1) is 5.41 Å². The highest BCUT2D eigenvalue weighted by Gasteiger charge is 2.03. The van der Waals surface area contributed by atoms with Gasteiger partial charge < -0.3 is 22.0 Å². The van der Waals surface area contributed by atoms with Crippen molar-refractivity contribution in [3.8, 4) is 0 Å². The van der Waals surface area contributed by atoms with Crippen LogP contribution in [0.3, 0.4) is 0 Å². The molecular weight excluding hydrogens is 122 g/mol. The average molecular weight is 129 g/mol. The van der Waals surface area contributed by atoms with Crippen molar-refractivity contribution in [2.45, 2.75) is 0 Å². The largest absolute Gasteiger partial charge is 0.477 e. The fourth-order valence-corrected chi connectivity index (χ4v) is 0.201. The van der Waals surface area contributed by atoms with Gasteiger partial charge in [0.15, 0.2) is 0 Å². The van der Waals surface area contributed by atoms with E-state index in [0.29, 0.717) is 6.21 Å². The molecular formula is C4H7N3O2. The van der Waals surface area contributed by atoms with Crippen LogP contribution < -0.4 is 11.5 Å². The number of rotatable bonds is 2. The molecule has 0 saturated carbocycles. The van der Waals surface area contributed by atoms with Gasteiger partial charge in [-0.1, -0.05) is 0 Å². The van der Waals surface area contributed by atoms with Gasteiger partial charge in [0, 0.05) is 6.21 Å². The first-order valence-corrected chi connectivity index (χ1v) is 2.08. The van der Waals surface area contributed by atoms with Crippen LogP contribution in [0.25, 0.3) is 0 Å². The molecule has 0 aromatic rings. The average Bonchev–Trinajstić information content (AvgIpc) is 1.84. The van der Waals surface area contributed by atoms with Crippen LogP contribution in [0.4, 0.5) is 0 Å². The highest BCUT2D eigenvalue weighted by Crippen LogP contribution is 1.85. The molecule has 6 N–H and O–H groups in total. The second-order valence-corrected chi connectivity index (χ2v) is 1.32. The van der Waals surface area contributed by atoms with E-state index in [4.69, 9.17) is 22.0 Å². The quantitative estimate of drug-likeness (QED) is 0.278. The number of nitrogens with one attached hydrogen (secondary N) is 1. The summed E-state index contributed by atoms with van der Waals surface area (Å²) in [6, 6.07) is 0. The first-order valence-electron chi connectivity index (χ1n) is 2.08. The van der Waals surface area contributed by atoms with Crippen molar-refractivity contribution in [3.63, 3.8) is 0 Å². The molecule has 0 spiro atoms. The molecule has 0 saturated heterocycles. The fourth-order valence-electron chi connectivity index (χ4n) is 0.201. The topological polar surface area (TPSA) is 113 Å². The number of carbonyl (C=O) groups is 1. The maximum atomic E-state index is 9.93. The normalized spacial score (nSPS) is 12.0. The third-order valence-electron chi connectivity index (χ3n) is 0.697. The molecule has 0 bridgehead atoms. The molecule has 5 heteroatoms. The summed E-state index contributed by atoms with van der Waals surface area (Å²) in [5.74, 6) is -1.31. The zero-order chi connectivity index (χ0) is 7.44. The third kappa shape index (κ3) is 1.81. The molecule has 0 fully saturated rings. The lowest BCUT2D eigenvalue weighted by Gasteiger charge is -1.93. The molecule has 0 radical (unpaired) electrons. The Bertz CT molecular complexity index is 173. The van der Waals surface area contributed by atoms with Crippen LogP contribution in [0.1, 0.15) is 0 Å². The van der Waals surface area contributed by atoms with E-state index in [1.807, 2.05) is 0 Å². The van der Waals surface area contributed by atoms with Gasteiger partial charge in [-0.25, -0.2) is 4.79 Å². The van der Waals surface area contributed by atoms with Gasteiger partial charge in [0.25, 0.3) is 0 Å². The summed E-state index contributed by atoms with van der Waals surface area (Å²) in [5, 5.41) is 14.6. The molecule has 0 aliphatic carbocycles. The van der Waals surface area contributed by atoms with Crippen LogP contribution in [0.2, 0.25) is 0 Å². The minimum atomic E-state index is -1.31. The third-order valence-corrected chi connectivity index (χ3v) is 0.697. The number of hydrogen-bond acceptors (Lipinski definition) is 4. The standard InChI is InChI=1S/C4H7N3O2/c5-1-2(6)3(7)4(8)9/h1,5H,6-7H2,(H,8,9). The number of allylic oxidation sites excluding steroid dienone is 1. The predicted molar refractivity (Wildman–Crippen MR) is 31.8 cm³/mol. The second-order valence-electron chi connectivity index (χ2n) is 1.32. The molecule has 0 aliphatic rings. The van der Waals surface area contributed by atoms with E-state index in [1.54, 1.807) is 0 Å². The molecule has 0 rings (SSSR count). The summed E-state index contributed by atoms with van der Waals surface area (Å²) in [6.07, 6.45) is 0.684. The Morgan fingerprint density at radius 2 is 2.00 bits per heavy atom. The molecule has 0 amide bonds. The van der Waals surface area contributed by atoms with Crippen molar-refractivity contribution >= 4 is 12.2 Å². The highest BCUT2D eigenvalue weighted by molar-refractivity contribution is 5.93. The zero-order valence-electron chi connectivity index (χ0n) is 4.59. The van der Waals surface area contributed by atoms with Gasteiger partial charge in [-0.2, -0.15) is 0 Å². The maximum Gasteiger partial charge on any atom is 0.353 e. The first-order chi connectivity index (χ1) is 4.09. The van der Waals surface area contributed by atoms with Crippen molar-refractivity contribution < 1.29 is 9.90 Å². The summed E-state index contributed by atoms with van der Waals surface area (Å²) in [4.78, 5) is 9.93. The van der Waals surface area contributed by atoms with Gasteiger partial charge in [-0.15, -0.1) is 0 Å². The van der Waals surface area contributed by atoms with Crippen molar-refractivity contribution in [3.05, 3.63) is 11.4 Å². The van der Waals surface area contributed by atoms with E-state index in [0.717, 1.165) is 0 Å².